The van der Waals surface area contributed by atoms with Gasteiger partial charge in [0, 0.05) is 125 Å². The van der Waals surface area contributed by atoms with Gasteiger partial charge in [0.05, 0.1) is 21.7 Å². The zero-order chi connectivity index (χ0) is 61.7. The first kappa shape index (κ1) is 69.4. The lowest BCUT2D eigenvalue weighted by Gasteiger charge is -2.68. The maximum atomic E-state index is 13.6. The third-order valence-corrected chi connectivity index (χ3v) is 14.0. The van der Waals surface area contributed by atoms with Crippen LogP contribution in [0.2, 0.25) is 0 Å². The average Bonchev–Trinajstić information content (AvgIpc) is 3.32. The molecular weight excluding hydrogens is 1030 g/mol. The third-order valence-electron chi connectivity index (χ3n) is 14.0. The summed E-state index contributed by atoms with van der Waals surface area (Å²) in [7, 11) is 47.8. The summed E-state index contributed by atoms with van der Waals surface area (Å²) in [5, 5.41) is 0. The lowest BCUT2D eigenvalue weighted by Crippen LogP contribution is -2.71. The number of rotatable bonds is 20. The molecule has 0 N–H and O–H groups in total. The fourth-order valence-corrected chi connectivity index (χ4v) is 12.2. The lowest BCUT2D eigenvalue weighted by molar-refractivity contribution is -0.218. The number of hydrogen-bond donors (Lipinski definition) is 0. The molecule has 4 amide bonds. The molecule has 4 aliphatic carbocycles. The van der Waals surface area contributed by atoms with Crippen molar-refractivity contribution in [3.05, 3.63) is 58.7 Å². The van der Waals surface area contributed by atoms with Crippen molar-refractivity contribution in [2.75, 3.05) is 204 Å². The van der Waals surface area contributed by atoms with Crippen LogP contribution in [0.4, 0.5) is 17.8 Å². The first-order chi connectivity index (χ1) is 37.4. The Morgan fingerprint density at radius 3 is 0.679 bits per heavy atom. The Hall–Kier alpha value is -5.87. The zero-order valence-corrected chi connectivity index (χ0v) is 54.6. The van der Waals surface area contributed by atoms with E-state index in [0.29, 0.717) is 69.6 Å². The smallest absolute Gasteiger partial charge is 0.231 e. The molecule has 1 aromatic heterocycles. The Morgan fingerprint density at radius 1 is 0.346 bits per heavy atom. The molecule has 4 aliphatic rings. The number of benzene rings is 2. The number of carbonyl (C=O) groups is 4. The molecule has 21 nitrogen and oxygen atoms in total. The molecule has 3 aromatic rings. The minimum Gasteiger partial charge on any atom is -0.490 e. The van der Waals surface area contributed by atoms with E-state index in [-0.39, 0.29) is 23.6 Å². The summed E-state index contributed by atoms with van der Waals surface area (Å²) in [5.74, 6) is 3.48. The summed E-state index contributed by atoms with van der Waals surface area (Å²) in [5.41, 5.74) is 1.49. The van der Waals surface area contributed by atoms with Gasteiger partial charge in [-0.05, 0) is 163 Å². The molecule has 0 radical (unpaired) electrons. The van der Waals surface area contributed by atoms with E-state index in [1.54, 1.807) is 76.0 Å². The molecule has 1 heterocycles. The minimum absolute atomic E-state index is 0.0793. The molecule has 4 saturated carbocycles. The Labute approximate surface area is 488 Å². The van der Waals surface area contributed by atoms with Crippen LogP contribution in [0.1, 0.15) is 60.8 Å². The zero-order valence-electron chi connectivity index (χ0n) is 54.6. The van der Waals surface area contributed by atoms with Crippen molar-refractivity contribution < 1.29 is 28.7 Å². The summed E-state index contributed by atoms with van der Waals surface area (Å²) < 4.78 is 12.2. The SMILES string of the molecule is CN(C)C.CN(C)C(=O)C12CC3(C(=O)N(C)C)CC(C(=O)N(C)C)(C1)CC(C(=O)N(C)C)(C2)C3.CN(C)Cc1cc(CN(C)C)cc(OCCOc2cc(CN(C)C)cc(CN(C)C)c2)c1.CN(C)c1nc(N(C)C)nc(N(C)C)n1. The van der Waals surface area contributed by atoms with Crippen molar-refractivity contribution in [2.24, 2.45) is 21.7 Å². The summed E-state index contributed by atoms with van der Waals surface area (Å²) in [6, 6.07) is 13.0. The highest BCUT2D eigenvalue weighted by molar-refractivity contribution is 5.96. The summed E-state index contributed by atoms with van der Waals surface area (Å²) in [4.78, 5) is 89.7. The van der Waals surface area contributed by atoms with Crippen LogP contribution >= 0.6 is 0 Å². The maximum Gasteiger partial charge on any atom is 0.231 e. The van der Waals surface area contributed by atoms with Crippen LogP contribution in [0.25, 0.3) is 0 Å². The van der Waals surface area contributed by atoms with Crippen LogP contribution in [0.15, 0.2) is 36.4 Å². The van der Waals surface area contributed by atoms with E-state index in [4.69, 9.17) is 9.47 Å². The van der Waals surface area contributed by atoms with Crippen molar-refractivity contribution in [1.82, 2.24) is 59.1 Å². The van der Waals surface area contributed by atoms with Gasteiger partial charge in [-0.1, -0.05) is 12.1 Å². The van der Waals surface area contributed by atoms with Gasteiger partial charge in [-0.2, -0.15) is 15.0 Å². The third kappa shape index (κ3) is 19.4. The average molecular weight is 1130 g/mol. The normalized spacial score (nSPS) is 20.4. The topological polar surface area (TPSA) is 164 Å². The van der Waals surface area contributed by atoms with Crippen molar-refractivity contribution in [2.45, 2.75) is 64.7 Å². The molecule has 0 atom stereocenters. The Bertz CT molecular complexity index is 2180. The van der Waals surface area contributed by atoms with Gasteiger partial charge in [0.15, 0.2) is 0 Å². The molecule has 0 aliphatic heterocycles. The predicted molar refractivity (Wildman–Crippen MR) is 328 cm³/mol. The van der Waals surface area contributed by atoms with Crippen molar-refractivity contribution in [1.29, 1.82) is 0 Å². The second-order valence-corrected chi connectivity index (χ2v) is 25.9. The number of amides is 4. The van der Waals surface area contributed by atoms with Gasteiger partial charge in [0.25, 0.3) is 0 Å². The number of carbonyl (C=O) groups excluding carboxylic acids is 4. The van der Waals surface area contributed by atoms with Crippen LogP contribution in [0.5, 0.6) is 11.5 Å². The second-order valence-electron chi connectivity index (χ2n) is 25.9. The second kappa shape index (κ2) is 29.4. The molecule has 21 heteroatoms. The highest BCUT2D eigenvalue weighted by Crippen LogP contribution is 2.75. The van der Waals surface area contributed by atoms with E-state index in [1.807, 2.05) is 83.0 Å². The van der Waals surface area contributed by atoms with Gasteiger partial charge in [0.1, 0.15) is 24.7 Å². The Balaban J connectivity index is 0.000000325. The highest BCUT2D eigenvalue weighted by Gasteiger charge is 2.76. The lowest BCUT2D eigenvalue weighted by atomic mass is 9.34. The van der Waals surface area contributed by atoms with E-state index in [0.717, 1.165) is 37.7 Å². The van der Waals surface area contributed by atoms with Gasteiger partial charge in [0.2, 0.25) is 41.5 Å². The Morgan fingerprint density at radius 2 is 0.531 bits per heavy atom. The first-order valence-corrected chi connectivity index (χ1v) is 27.8. The summed E-state index contributed by atoms with van der Waals surface area (Å²) >= 11 is 0. The molecule has 7 rings (SSSR count). The van der Waals surface area contributed by atoms with Crippen LogP contribution in [0.3, 0.4) is 0 Å². The molecule has 0 unspecified atom stereocenters. The van der Waals surface area contributed by atoms with E-state index in [9.17, 15) is 19.2 Å². The Kier molecular flexibility index (Phi) is 25.2. The van der Waals surface area contributed by atoms with Crippen molar-refractivity contribution >= 4 is 41.5 Å². The van der Waals surface area contributed by atoms with Gasteiger partial charge in [-0.25, -0.2) is 0 Å². The van der Waals surface area contributed by atoms with Crippen LogP contribution in [-0.4, -0.2) is 272 Å². The molecule has 0 spiro atoms. The standard InChI is InChI=1S/C26H42N4O2.C22H36N4O4.C9H18N6.C3H9N/c1-27(2)17-21-11-22(18-28(3)4)14-25(13-21)31-9-10-32-26-15-23(19-29(5)6)12-24(16-26)20-30(7)8;1-23(2)15(27)19-9-20(16(28)24(3)4)12-21(10-19,17(29)25(5)6)14-22(11-19,13-20)18(30)26(7)8;1-13(2)7-10-8(14(3)4)12-9(11-7)15(5)6;1-4(2)3/h11-16H,9-10,17-20H2,1-8H3;9-14H2,1-8H3;1-6H3;1-3H3. The van der Waals surface area contributed by atoms with E-state index < -0.39 is 21.7 Å². The minimum atomic E-state index is -0.888. The van der Waals surface area contributed by atoms with E-state index >= 15 is 0 Å². The fourth-order valence-electron chi connectivity index (χ4n) is 12.2. The number of aromatic nitrogens is 3. The van der Waals surface area contributed by atoms with Crippen LogP contribution in [-0.2, 0) is 45.4 Å². The largest absolute Gasteiger partial charge is 0.490 e. The van der Waals surface area contributed by atoms with E-state index in [2.05, 4.69) is 127 Å². The van der Waals surface area contributed by atoms with Gasteiger partial charge in [-0.15, -0.1) is 0 Å². The molecule has 456 valence electrons. The van der Waals surface area contributed by atoms with Gasteiger partial charge < -0.3 is 68.3 Å². The quantitative estimate of drug-likeness (QED) is 0.147. The van der Waals surface area contributed by atoms with E-state index in [1.165, 1.54) is 22.3 Å². The van der Waals surface area contributed by atoms with Crippen molar-refractivity contribution in [3.63, 3.8) is 0 Å². The predicted octanol–water partition coefficient (Wildman–Crippen LogP) is 4.30. The molecule has 4 bridgehead atoms. The van der Waals surface area contributed by atoms with Crippen LogP contribution in [0, 0.1) is 21.7 Å². The summed E-state index contributed by atoms with van der Waals surface area (Å²) in [6.07, 6.45) is 2.41. The van der Waals surface area contributed by atoms with Gasteiger partial charge >= 0.3 is 0 Å². The fraction of sp³-hybridized carbons (Fsp3) is 0.683. The number of nitrogens with zero attached hydrogens (tertiary/aromatic N) is 15. The summed E-state index contributed by atoms with van der Waals surface area (Å²) in [6.45, 7) is 4.58. The van der Waals surface area contributed by atoms with Crippen molar-refractivity contribution in [3.8, 4) is 11.5 Å². The number of hydrogen-bond acceptors (Lipinski definition) is 17. The molecular formula is C60H105N15O6. The molecule has 0 saturated heterocycles. The maximum absolute atomic E-state index is 13.6. The first-order valence-electron chi connectivity index (χ1n) is 27.8. The highest BCUT2D eigenvalue weighted by atomic mass is 16.5. The monoisotopic (exact) mass is 1130 g/mol. The number of anilines is 3. The van der Waals surface area contributed by atoms with Gasteiger partial charge in [-0.3, -0.25) is 19.2 Å². The van der Waals surface area contributed by atoms with Crippen LogP contribution < -0.4 is 24.2 Å². The molecule has 2 aromatic carbocycles. The molecule has 4 fully saturated rings. The number of ether oxygens (including phenoxy) is 2. The molecule has 81 heavy (non-hydrogen) atoms.